The fourth-order valence-electron chi connectivity index (χ4n) is 5.30. The van der Waals surface area contributed by atoms with Gasteiger partial charge in [-0.3, -0.25) is 9.36 Å². The quantitative estimate of drug-likeness (QED) is 0.315. The smallest absolute Gasteiger partial charge is 0.277 e. The first-order valence-corrected chi connectivity index (χ1v) is 14.5. The summed E-state index contributed by atoms with van der Waals surface area (Å²) in [5.41, 5.74) is 3.06. The number of nitrogens with zero attached hydrogens (tertiary/aromatic N) is 4. The summed E-state index contributed by atoms with van der Waals surface area (Å²) in [5.74, 6) is -1.15. The van der Waals surface area contributed by atoms with Crippen molar-refractivity contribution in [2.75, 3.05) is 0 Å². The Bertz CT molecular complexity index is 1830. The third-order valence-corrected chi connectivity index (χ3v) is 9.10. The van der Waals surface area contributed by atoms with Gasteiger partial charge in [0.1, 0.15) is 5.82 Å². The molecule has 1 atom stereocenters. The van der Waals surface area contributed by atoms with Gasteiger partial charge in [-0.1, -0.05) is 31.5 Å². The zero-order valence-corrected chi connectivity index (χ0v) is 22.9. The van der Waals surface area contributed by atoms with Gasteiger partial charge in [0.05, 0.1) is 22.6 Å². The SMILES string of the molecule is CCCCc1nc(O)c(S(=O)(=O)c2ccc(-c3ccc(F)nc3C)cc2)c(=O)n1C1CCc2ccc(C#N)cc21. The number of aryl methyl sites for hydroxylation is 3. The fraction of sp³-hybridized carbons (Fsp3) is 0.267. The summed E-state index contributed by atoms with van der Waals surface area (Å²) in [4.78, 5) is 21.1. The van der Waals surface area contributed by atoms with Gasteiger partial charge in [-0.2, -0.15) is 14.6 Å². The number of sulfone groups is 1. The lowest BCUT2D eigenvalue weighted by atomic mass is 10.0. The van der Waals surface area contributed by atoms with Crippen LogP contribution in [0.3, 0.4) is 0 Å². The lowest BCUT2D eigenvalue weighted by molar-refractivity contribution is 0.408. The summed E-state index contributed by atoms with van der Waals surface area (Å²) in [6.45, 7) is 3.63. The molecule has 1 unspecified atom stereocenters. The first-order chi connectivity index (χ1) is 19.1. The Morgan fingerprint density at radius 3 is 2.55 bits per heavy atom. The first kappa shape index (κ1) is 27.2. The second-order valence-electron chi connectivity index (χ2n) is 9.83. The lowest BCUT2D eigenvalue weighted by Gasteiger charge is -2.21. The van der Waals surface area contributed by atoms with Gasteiger partial charge in [-0.15, -0.1) is 0 Å². The molecule has 0 fully saturated rings. The number of aromatic nitrogens is 3. The molecule has 2 aromatic heterocycles. The van der Waals surface area contributed by atoms with Crippen LogP contribution in [0.15, 0.2) is 69.2 Å². The van der Waals surface area contributed by atoms with E-state index in [2.05, 4.69) is 16.0 Å². The normalized spacial score (nSPS) is 14.6. The van der Waals surface area contributed by atoms with Crippen molar-refractivity contribution in [3.63, 3.8) is 0 Å². The average Bonchev–Trinajstić information content (AvgIpc) is 3.34. The molecule has 10 heteroatoms. The molecule has 40 heavy (non-hydrogen) atoms. The van der Waals surface area contributed by atoms with Gasteiger partial charge in [0.2, 0.25) is 21.7 Å². The minimum Gasteiger partial charge on any atom is -0.492 e. The zero-order valence-electron chi connectivity index (χ0n) is 22.1. The van der Waals surface area contributed by atoms with Gasteiger partial charge >= 0.3 is 0 Å². The third-order valence-electron chi connectivity index (χ3n) is 7.31. The summed E-state index contributed by atoms with van der Waals surface area (Å²) in [5, 5.41) is 20.2. The number of halogens is 1. The molecule has 0 saturated heterocycles. The monoisotopic (exact) mass is 558 g/mol. The molecular weight excluding hydrogens is 531 g/mol. The Hall–Kier alpha value is -4.36. The standard InChI is InChI=1S/C30H27FN4O4S/c1-3-4-5-27-34-29(36)28(30(37)35(27)25-14-10-21-7-6-19(17-32)16-24(21)25)40(38,39)22-11-8-20(9-12-22)23-13-15-26(31)33-18(23)2/h6-9,11-13,15-16,25,36H,3-5,10,14H2,1-2H3. The summed E-state index contributed by atoms with van der Waals surface area (Å²) >= 11 is 0. The number of aromatic hydroxyl groups is 1. The van der Waals surface area contributed by atoms with Crippen LogP contribution < -0.4 is 5.56 Å². The minimum absolute atomic E-state index is 0.190. The molecule has 204 valence electrons. The zero-order chi connectivity index (χ0) is 28.6. The van der Waals surface area contributed by atoms with Gasteiger partial charge in [-0.05, 0) is 79.3 Å². The highest BCUT2D eigenvalue weighted by molar-refractivity contribution is 7.91. The lowest BCUT2D eigenvalue weighted by Crippen LogP contribution is -2.33. The highest BCUT2D eigenvalue weighted by Crippen LogP contribution is 2.36. The average molecular weight is 559 g/mol. The Morgan fingerprint density at radius 1 is 1.12 bits per heavy atom. The Balaban J connectivity index is 1.63. The summed E-state index contributed by atoms with van der Waals surface area (Å²) in [6.07, 6.45) is 3.08. The number of benzene rings is 2. The van der Waals surface area contributed by atoms with Gasteiger partial charge in [0.25, 0.3) is 5.56 Å². The van der Waals surface area contributed by atoms with E-state index in [1.165, 1.54) is 22.8 Å². The van der Waals surface area contributed by atoms with Gasteiger partial charge in [0.15, 0.2) is 4.90 Å². The Morgan fingerprint density at radius 2 is 1.88 bits per heavy atom. The maximum absolute atomic E-state index is 14.0. The maximum Gasteiger partial charge on any atom is 0.277 e. The van der Waals surface area contributed by atoms with Crippen LogP contribution in [0, 0.1) is 24.2 Å². The Kier molecular flexibility index (Phi) is 7.25. The van der Waals surface area contributed by atoms with Crippen LogP contribution in [0.4, 0.5) is 4.39 Å². The van der Waals surface area contributed by atoms with E-state index in [1.54, 1.807) is 37.3 Å². The molecular formula is C30H27FN4O4S. The number of unbranched alkanes of at least 4 members (excludes halogenated alkanes) is 1. The number of rotatable bonds is 7. The highest BCUT2D eigenvalue weighted by Gasteiger charge is 2.34. The van der Waals surface area contributed by atoms with E-state index in [0.717, 1.165) is 17.5 Å². The molecule has 1 aliphatic carbocycles. The van der Waals surface area contributed by atoms with Crippen LogP contribution in [0.25, 0.3) is 11.1 Å². The van der Waals surface area contributed by atoms with E-state index in [0.29, 0.717) is 53.9 Å². The van der Waals surface area contributed by atoms with Crippen LogP contribution in [0.5, 0.6) is 5.88 Å². The van der Waals surface area contributed by atoms with Crippen molar-refractivity contribution in [2.24, 2.45) is 0 Å². The van der Waals surface area contributed by atoms with Crippen LogP contribution in [-0.4, -0.2) is 28.1 Å². The molecule has 1 aliphatic rings. The molecule has 1 N–H and O–H groups in total. The largest absolute Gasteiger partial charge is 0.492 e. The number of fused-ring (bicyclic) bond motifs is 1. The molecule has 2 heterocycles. The number of hydrogen-bond donors (Lipinski definition) is 1. The molecule has 0 bridgehead atoms. The number of pyridine rings is 1. The van der Waals surface area contributed by atoms with E-state index in [-0.39, 0.29) is 4.90 Å². The molecule has 5 rings (SSSR count). The van der Waals surface area contributed by atoms with E-state index in [4.69, 9.17) is 0 Å². The molecule has 8 nitrogen and oxygen atoms in total. The van der Waals surface area contributed by atoms with Crippen molar-refractivity contribution in [3.8, 4) is 23.1 Å². The van der Waals surface area contributed by atoms with Crippen LogP contribution in [-0.2, 0) is 22.7 Å². The highest BCUT2D eigenvalue weighted by atomic mass is 32.2. The minimum atomic E-state index is -4.47. The summed E-state index contributed by atoms with van der Waals surface area (Å²) < 4.78 is 42.3. The van der Waals surface area contributed by atoms with Crippen molar-refractivity contribution in [1.82, 2.24) is 14.5 Å². The maximum atomic E-state index is 14.0. The number of nitriles is 1. The summed E-state index contributed by atoms with van der Waals surface area (Å²) in [7, 11) is -4.47. The van der Waals surface area contributed by atoms with Gasteiger partial charge in [-0.25, -0.2) is 13.4 Å². The molecule has 2 aromatic carbocycles. The van der Waals surface area contributed by atoms with E-state index in [9.17, 15) is 28.0 Å². The first-order valence-electron chi connectivity index (χ1n) is 13.0. The second-order valence-corrected chi connectivity index (χ2v) is 11.7. The van der Waals surface area contributed by atoms with E-state index >= 15 is 0 Å². The van der Waals surface area contributed by atoms with E-state index < -0.39 is 38.2 Å². The Labute approximate surface area is 231 Å². The molecule has 0 amide bonds. The second kappa shape index (κ2) is 10.7. The molecule has 0 aliphatic heterocycles. The third kappa shape index (κ3) is 4.77. The van der Waals surface area contributed by atoms with Gasteiger partial charge in [0, 0.05) is 17.7 Å². The van der Waals surface area contributed by atoms with Crippen molar-refractivity contribution >= 4 is 9.84 Å². The van der Waals surface area contributed by atoms with Gasteiger partial charge < -0.3 is 5.11 Å². The number of hydrogen-bond acceptors (Lipinski definition) is 7. The van der Waals surface area contributed by atoms with E-state index in [1.807, 2.05) is 13.0 Å². The molecule has 0 spiro atoms. The molecule has 0 radical (unpaired) electrons. The fourth-order valence-corrected chi connectivity index (χ4v) is 6.65. The topological polar surface area (TPSA) is 126 Å². The van der Waals surface area contributed by atoms with Crippen LogP contribution >= 0.6 is 0 Å². The van der Waals surface area contributed by atoms with Crippen molar-refractivity contribution in [3.05, 3.63) is 99.1 Å². The molecule has 0 saturated carbocycles. The van der Waals surface area contributed by atoms with Crippen LogP contribution in [0.1, 0.15) is 60.4 Å². The van der Waals surface area contributed by atoms with Crippen molar-refractivity contribution in [2.45, 2.75) is 61.8 Å². The predicted molar refractivity (Wildman–Crippen MR) is 146 cm³/mol. The summed E-state index contributed by atoms with van der Waals surface area (Å²) in [6, 6.07) is 15.5. The molecule has 4 aromatic rings. The van der Waals surface area contributed by atoms with Crippen LogP contribution in [0.2, 0.25) is 0 Å². The van der Waals surface area contributed by atoms with Crippen molar-refractivity contribution < 1.29 is 17.9 Å². The predicted octanol–water partition coefficient (Wildman–Crippen LogP) is 5.04. The van der Waals surface area contributed by atoms with Crippen molar-refractivity contribution in [1.29, 1.82) is 5.26 Å².